The molecule has 0 saturated carbocycles. The van der Waals surface area contributed by atoms with Crippen LogP contribution in [0.15, 0.2) is 23.4 Å². The molecule has 72 valence electrons. The van der Waals surface area contributed by atoms with Gasteiger partial charge in [-0.05, 0) is 25.1 Å². The van der Waals surface area contributed by atoms with Gasteiger partial charge in [0.15, 0.2) is 5.84 Å². The van der Waals surface area contributed by atoms with E-state index in [1.165, 1.54) is 0 Å². The zero-order valence-corrected chi connectivity index (χ0v) is 7.65. The summed E-state index contributed by atoms with van der Waals surface area (Å²) in [5.41, 5.74) is 7.88. The monoisotopic (exact) mass is 190 g/mol. The van der Waals surface area contributed by atoms with Gasteiger partial charge in [0.1, 0.15) is 5.82 Å². The molecular formula is C9H10N4O. The minimum Gasteiger partial charge on any atom is -0.409 e. The Bertz CT molecular complexity index is 500. The highest BCUT2D eigenvalue weighted by Gasteiger charge is 2.03. The van der Waals surface area contributed by atoms with Gasteiger partial charge in [-0.1, -0.05) is 5.16 Å². The van der Waals surface area contributed by atoms with Gasteiger partial charge in [-0.2, -0.15) is 0 Å². The van der Waals surface area contributed by atoms with E-state index in [-0.39, 0.29) is 5.84 Å². The Hall–Kier alpha value is -2.04. The van der Waals surface area contributed by atoms with Gasteiger partial charge in [-0.25, -0.2) is 4.98 Å². The van der Waals surface area contributed by atoms with Gasteiger partial charge < -0.3 is 15.9 Å². The maximum Gasteiger partial charge on any atom is 0.170 e. The highest BCUT2D eigenvalue weighted by molar-refractivity contribution is 5.99. The number of aromatic nitrogens is 2. The lowest BCUT2D eigenvalue weighted by Gasteiger charge is -1.96. The van der Waals surface area contributed by atoms with E-state index in [1.54, 1.807) is 12.1 Å². The Morgan fingerprint density at radius 1 is 1.57 bits per heavy atom. The van der Waals surface area contributed by atoms with Crippen LogP contribution < -0.4 is 5.73 Å². The van der Waals surface area contributed by atoms with E-state index in [1.807, 2.05) is 13.0 Å². The SMILES string of the molecule is Cc1nc2ccc(C(N)=NO)cc2[nH]1. The van der Waals surface area contributed by atoms with E-state index in [0.717, 1.165) is 16.9 Å². The predicted octanol–water partition coefficient (Wildman–Crippen LogP) is 0.966. The molecule has 1 heterocycles. The number of imidazole rings is 1. The molecule has 0 amide bonds. The first-order valence-corrected chi connectivity index (χ1v) is 4.15. The Morgan fingerprint density at radius 3 is 3.07 bits per heavy atom. The van der Waals surface area contributed by atoms with Crippen LogP contribution in [0.5, 0.6) is 0 Å². The minimum atomic E-state index is 0.0964. The first-order valence-electron chi connectivity index (χ1n) is 4.15. The van der Waals surface area contributed by atoms with Crippen LogP contribution in [0.2, 0.25) is 0 Å². The van der Waals surface area contributed by atoms with Crippen molar-refractivity contribution in [1.82, 2.24) is 9.97 Å². The number of aryl methyl sites for hydroxylation is 1. The van der Waals surface area contributed by atoms with Crippen LogP contribution in [0, 0.1) is 6.92 Å². The van der Waals surface area contributed by atoms with Crippen molar-refractivity contribution in [2.45, 2.75) is 6.92 Å². The third kappa shape index (κ3) is 1.28. The third-order valence-electron chi connectivity index (χ3n) is 2.00. The Labute approximate surface area is 80.3 Å². The summed E-state index contributed by atoms with van der Waals surface area (Å²) < 4.78 is 0. The summed E-state index contributed by atoms with van der Waals surface area (Å²) in [6, 6.07) is 5.38. The molecule has 0 radical (unpaired) electrons. The number of rotatable bonds is 1. The van der Waals surface area contributed by atoms with Gasteiger partial charge in [0.25, 0.3) is 0 Å². The summed E-state index contributed by atoms with van der Waals surface area (Å²) in [7, 11) is 0. The van der Waals surface area contributed by atoms with E-state index in [9.17, 15) is 0 Å². The van der Waals surface area contributed by atoms with Gasteiger partial charge in [0, 0.05) is 5.56 Å². The molecule has 1 aromatic carbocycles. The second kappa shape index (κ2) is 3.02. The van der Waals surface area contributed by atoms with Crippen molar-refractivity contribution in [3.05, 3.63) is 29.6 Å². The molecule has 0 spiro atoms. The van der Waals surface area contributed by atoms with E-state index in [4.69, 9.17) is 10.9 Å². The molecule has 0 aliphatic rings. The normalized spacial score (nSPS) is 12.2. The van der Waals surface area contributed by atoms with Gasteiger partial charge in [-0.15, -0.1) is 0 Å². The first kappa shape index (κ1) is 8.55. The number of hydrogen-bond acceptors (Lipinski definition) is 3. The molecule has 2 rings (SSSR count). The fourth-order valence-electron chi connectivity index (χ4n) is 1.35. The summed E-state index contributed by atoms with van der Waals surface area (Å²) in [4.78, 5) is 7.32. The fraction of sp³-hybridized carbons (Fsp3) is 0.111. The van der Waals surface area contributed by atoms with E-state index >= 15 is 0 Å². The lowest BCUT2D eigenvalue weighted by atomic mass is 10.2. The maximum absolute atomic E-state index is 8.50. The Morgan fingerprint density at radius 2 is 2.36 bits per heavy atom. The zero-order valence-electron chi connectivity index (χ0n) is 7.65. The number of amidine groups is 1. The van der Waals surface area contributed by atoms with E-state index in [0.29, 0.717) is 5.56 Å². The van der Waals surface area contributed by atoms with Crippen molar-refractivity contribution in [3.8, 4) is 0 Å². The van der Waals surface area contributed by atoms with E-state index < -0.39 is 0 Å². The molecule has 0 aliphatic carbocycles. The zero-order chi connectivity index (χ0) is 10.1. The lowest BCUT2D eigenvalue weighted by Crippen LogP contribution is -2.12. The molecule has 0 bridgehead atoms. The van der Waals surface area contributed by atoms with Gasteiger partial charge in [0.2, 0.25) is 0 Å². The van der Waals surface area contributed by atoms with Crippen molar-refractivity contribution < 1.29 is 5.21 Å². The summed E-state index contributed by atoms with van der Waals surface area (Å²) in [6.45, 7) is 1.88. The standard InChI is InChI=1S/C9H10N4O/c1-5-11-7-3-2-6(9(10)13-14)4-8(7)12-5/h2-4,14H,1H3,(H2,10,13)(H,11,12). The lowest BCUT2D eigenvalue weighted by molar-refractivity contribution is 0.318. The molecule has 5 heteroatoms. The summed E-state index contributed by atoms with van der Waals surface area (Å²) in [5.74, 6) is 0.941. The molecule has 0 saturated heterocycles. The summed E-state index contributed by atoms with van der Waals surface area (Å²) in [6.07, 6.45) is 0. The summed E-state index contributed by atoms with van der Waals surface area (Å²) in [5, 5.41) is 11.4. The second-order valence-corrected chi connectivity index (χ2v) is 3.04. The Balaban J connectivity index is 2.61. The third-order valence-corrected chi connectivity index (χ3v) is 2.00. The first-order chi connectivity index (χ1) is 6.70. The molecule has 0 fully saturated rings. The van der Waals surface area contributed by atoms with Crippen molar-refractivity contribution in [2.75, 3.05) is 0 Å². The number of nitrogens with two attached hydrogens (primary N) is 1. The van der Waals surface area contributed by atoms with Gasteiger partial charge >= 0.3 is 0 Å². The molecule has 1 aromatic heterocycles. The number of H-pyrrole nitrogens is 1. The number of benzene rings is 1. The molecule has 14 heavy (non-hydrogen) atoms. The quantitative estimate of drug-likeness (QED) is 0.271. The van der Waals surface area contributed by atoms with Crippen molar-refractivity contribution >= 4 is 16.9 Å². The van der Waals surface area contributed by atoms with Crippen molar-refractivity contribution in [3.63, 3.8) is 0 Å². The molecule has 0 aliphatic heterocycles. The van der Waals surface area contributed by atoms with Crippen LogP contribution in [-0.2, 0) is 0 Å². The highest BCUT2D eigenvalue weighted by Crippen LogP contribution is 2.13. The van der Waals surface area contributed by atoms with Gasteiger partial charge in [-0.3, -0.25) is 0 Å². The second-order valence-electron chi connectivity index (χ2n) is 3.04. The van der Waals surface area contributed by atoms with Crippen LogP contribution in [0.1, 0.15) is 11.4 Å². The highest BCUT2D eigenvalue weighted by atomic mass is 16.4. The van der Waals surface area contributed by atoms with Crippen LogP contribution in [0.25, 0.3) is 11.0 Å². The molecule has 0 unspecified atom stereocenters. The summed E-state index contributed by atoms with van der Waals surface area (Å²) >= 11 is 0. The average Bonchev–Trinajstić information content (AvgIpc) is 2.55. The largest absolute Gasteiger partial charge is 0.409 e. The van der Waals surface area contributed by atoms with Crippen molar-refractivity contribution in [2.24, 2.45) is 10.9 Å². The van der Waals surface area contributed by atoms with Crippen molar-refractivity contribution in [1.29, 1.82) is 0 Å². The predicted molar refractivity (Wildman–Crippen MR) is 53.3 cm³/mol. The fourth-order valence-corrected chi connectivity index (χ4v) is 1.35. The van der Waals surface area contributed by atoms with Crippen LogP contribution >= 0.6 is 0 Å². The number of aromatic amines is 1. The van der Waals surface area contributed by atoms with E-state index in [2.05, 4.69) is 15.1 Å². The van der Waals surface area contributed by atoms with Crippen LogP contribution in [-0.4, -0.2) is 21.0 Å². The van der Waals surface area contributed by atoms with Crippen LogP contribution in [0.4, 0.5) is 0 Å². The maximum atomic E-state index is 8.50. The number of oxime groups is 1. The van der Waals surface area contributed by atoms with Crippen LogP contribution in [0.3, 0.4) is 0 Å². The molecule has 4 N–H and O–H groups in total. The topological polar surface area (TPSA) is 87.3 Å². The number of fused-ring (bicyclic) bond motifs is 1. The number of nitrogens with zero attached hydrogens (tertiary/aromatic N) is 2. The number of nitrogens with one attached hydrogen (secondary N) is 1. The molecule has 0 atom stereocenters. The Kier molecular flexibility index (Phi) is 1.85. The molecular weight excluding hydrogens is 180 g/mol. The minimum absolute atomic E-state index is 0.0964. The number of hydrogen-bond donors (Lipinski definition) is 3. The average molecular weight is 190 g/mol. The molecule has 2 aromatic rings. The molecule has 5 nitrogen and oxygen atoms in total. The smallest absolute Gasteiger partial charge is 0.170 e. The van der Waals surface area contributed by atoms with Gasteiger partial charge in [0.05, 0.1) is 11.0 Å².